The van der Waals surface area contributed by atoms with Crippen LogP contribution in [0.1, 0.15) is 28.4 Å². The molecule has 16 heavy (non-hydrogen) atoms. The lowest BCUT2D eigenvalue weighted by atomic mass is 9.62. The van der Waals surface area contributed by atoms with Crippen LogP contribution in [0.2, 0.25) is 0 Å². The van der Waals surface area contributed by atoms with Crippen molar-refractivity contribution in [1.82, 2.24) is 0 Å². The summed E-state index contributed by atoms with van der Waals surface area (Å²) >= 11 is 0. The van der Waals surface area contributed by atoms with Gasteiger partial charge in [-0.3, -0.25) is 4.39 Å². The summed E-state index contributed by atoms with van der Waals surface area (Å²) in [4.78, 5) is 11.5. The Bertz CT molecular complexity index is 399. The average molecular weight is 220 g/mol. The van der Waals surface area contributed by atoms with Gasteiger partial charge < -0.3 is 4.74 Å². The van der Waals surface area contributed by atoms with Crippen LogP contribution in [0.5, 0.6) is 0 Å². The number of hydrogen-bond acceptors (Lipinski definition) is 2. The number of carbonyl (C=O) groups excluding carboxylic acids is 1. The average Bonchev–Trinajstić information content (AvgIpc) is 2.26. The molecule has 0 aliphatic heterocycles. The monoisotopic (exact) mass is 220 g/mol. The summed E-state index contributed by atoms with van der Waals surface area (Å²) in [5.74, 6) is -0.497. The molecule has 1 aromatic carbocycles. The number of aryl methyl sites for hydroxylation is 1. The van der Waals surface area contributed by atoms with Gasteiger partial charge in [-0.15, -0.1) is 0 Å². The molecule has 0 aliphatic carbocycles. The Labute approximate surface area is 97.0 Å². The summed E-state index contributed by atoms with van der Waals surface area (Å²) < 4.78 is 18.6. The SMILES string of the molecule is BC(B)(F)c1cc(CC)ccc1C(=O)OC. The molecule has 0 saturated carbocycles. The molecule has 84 valence electrons. The zero-order valence-electron chi connectivity index (χ0n) is 10.1. The molecule has 2 nitrogen and oxygen atoms in total. The van der Waals surface area contributed by atoms with Crippen LogP contribution >= 0.6 is 0 Å². The highest BCUT2D eigenvalue weighted by Crippen LogP contribution is 2.25. The molecule has 5 heteroatoms. The largest absolute Gasteiger partial charge is 0.465 e. The maximum absolute atomic E-state index is 14.0. The van der Waals surface area contributed by atoms with Crippen molar-refractivity contribution in [3.8, 4) is 0 Å². The lowest BCUT2D eigenvalue weighted by Gasteiger charge is -2.19. The molecular weight excluding hydrogens is 205 g/mol. The van der Waals surface area contributed by atoms with Gasteiger partial charge in [-0.05, 0) is 23.6 Å². The van der Waals surface area contributed by atoms with Crippen LogP contribution in [0.4, 0.5) is 4.39 Å². The van der Waals surface area contributed by atoms with Crippen molar-refractivity contribution in [3.63, 3.8) is 0 Å². The van der Waals surface area contributed by atoms with Gasteiger partial charge in [-0.2, -0.15) is 0 Å². The third-order valence-corrected chi connectivity index (χ3v) is 2.54. The van der Waals surface area contributed by atoms with Crippen LogP contribution in [0.3, 0.4) is 0 Å². The standard InChI is InChI=1S/C11H15B2FO2/c1-3-7-4-5-8(10(15)16-2)9(6-7)11(12,13)14/h4-6H,3,12-13H2,1-2H3. The molecule has 0 aliphatic rings. The first-order valence-electron chi connectivity index (χ1n) is 5.30. The Morgan fingerprint density at radius 2 is 2.12 bits per heavy atom. The molecule has 0 amide bonds. The van der Waals surface area contributed by atoms with E-state index < -0.39 is 11.4 Å². The van der Waals surface area contributed by atoms with Crippen LogP contribution < -0.4 is 0 Å². The second-order valence-electron chi connectivity index (χ2n) is 4.20. The van der Waals surface area contributed by atoms with Crippen molar-refractivity contribution < 1.29 is 13.9 Å². The summed E-state index contributed by atoms with van der Waals surface area (Å²) in [6.45, 7) is 1.99. The molecule has 0 heterocycles. The molecule has 0 spiro atoms. The number of methoxy groups -OCH3 is 1. The minimum atomic E-state index is -1.55. The van der Waals surface area contributed by atoms with E-state index in [0.717, 1.165) is 12.0 Å². The van der Waals surface area contributed by atoms with E-state index in [4.69, 9.17) is 0 Å². The van der Waals surface area contributed by atoms with E-state index in [9.17, 15) is 9.18 Å². The number of alkyl halides is 1. The second-order valence-corrected chi connectivity index (χ2v) is 4.20. The number of hydrogen-bond donors (Lipinski definition) is 0. The molecule has 0 atom stereocenters. The van der Waals surface area contributed by atoms with Crippen molar-refractivity contribution in [1.29, 1.82) is 0 Å². The Morgan fingerprint density at radius 3 is 2.56 bits per heavy atom. The van der Waals surface area contributed by atoms with Crippen LogP contribution in [-0.2, 0) is 16.6 Å². The highest BCUT2D eigenvalue weighted by atomic mass is 19.1. The van der Waals surface area contributed by atoms with Crippen LogP contribution in [0, 0.1) is 0 Å². The van der Waals surface area contributed by atoms with Gasteiger partial charge in [0.05, 0.1) is 18.1 Å². The van der Waals surface area contributed by atoms with E-state index >= 15 is 0 Å². The molecular formula is C11H15B2FO2. The van der Waals surface area contributed by atoms with E-state index in [1.54, 1.807) is 12.1 Å². The van der Waals surface area contributed by atoms with Gasteiger partial charge in [0.2, 0.25) is 0 Å². The number of rotatable bonds is 3. The van der Waals surface area contributed by atoms with E-state index in [1.165, 1.54) is 22.8 Å². The molecule has 1 rings (SSSR count). The summed E-state index contributed by atoms with van der Waals surface area (Å²) in [7, 11) is 4.17. The lowest BCUT2D eigenvalue weighted by molar-refractivity contribution is 0.0597. The zero-order valence-corrected chi connectivity index (χ0v) is 10.1. The van der Waals surface area contributed by atoms with E-state index in [0.29, 0.717) is 11.1 Å². The number of esters is 1. The van der Waals surface area contributed by atoms with Crippen LogP contribution in [0.15, 0.2) is 18.2 Å². The summed E-state index contributed by atoms with van der Waals surface area (Å²) in [5.41, 5.74) is 0.147. The third kappa shape index (κ3) is 2.65. The predicted molar refractivity (Wildman–Crippen MR) is 67.0 cm³/mol. The predicted octanol–water partition coefficient (Wildman–Crippen LogP) is 0.382. The Morgan fingerprint density at radius 1 is 1.50 bits per heavy atom. The van der Waals surface area contributed by atoms with Crippen LogP contribution in [0.25, 0.3) is 0 Å². The molecule has 0 radical (unpaired) electrons. The second kappa shape index (κ2) is 4.72. The first-order chi connectivity index (χ1) is 7.40. The van der Waals surface area contributed by atoms with Gasteiger partial charge in [0, 0.05) is 0 Å². The van der Waals surface area contributed by atoms with Gasteiger partial charge in [-0.25, -0.2) is 4.79 Å². The fourth-order valence-corrected chi connectivity index (χ4v) is 1.59. The lowest BCUT2D eigenvalue weighted by Crippen LogP contribution is -2.24. The van der Waals surface area contributed by atoms with Gasteiger partial charge in [-0.1, -0.05) is 19.1 Å². The molecule has 0 bridgehead atoms. The fraction of sp³-hybridized carbons (Fsp3) is 0.364. The van der Waals surface area contributed by atoms with Gasteiger partial charge in [0.15, 0.2) is 0 Å². The maximum Gasteiger partial charge on any atom is 0.338 e. The van der Waals surface area contributed by atoms with Crippen molar-refractivity contribution in [2.75, 3.05) is 7.11 Å². The molecule has 1 aromatic rings. The van der Waals surface area contributed by atoms with Crippen molar-refractivity contribution in [2.24, 2.45) is 0 Å². The van der Waals surface area contributed by atoms with Gasteiger partial charge in [0.1, 0.15) is 15.7 Å². The van der Waals surface area contributed by atoms with Gasteiger partial charge >= 0.3 is 5.97 Å². The van der Waals surface area contributed by atoms with Crippen molar-refractivity contribution >= 4 is 21.7 Å². The van der Waals surface area contributed by atoms with Crippen molar-refractivity contribution in [2.45, 2.75) is 18.8 Å². The fourth-order valence-electron chi connectivity index (χ4n) is 1.59. The first-order valence-corrected chi connectivity index (χ1v) is 5.30. The molecule has 0 unspecified atom stereocenters. The number of benzene rings is 1. The van der Waals surface area contributed by atoms with E-state index in [2.05, 4.69) is 4.74 Å². The number of ether oxygens (including phenoxy) is 1. The van der Waals surface area contributed by atoms with E-state index in [-0.39, 0.29) is 0 Å². The number of halogens is 1. The molecule has 0 aromatic heterocycles. The highest BCUT2D eigenvalue weighted by Gasteiger charge is 2.25. The number of carbonyl (C=O) groups is 1. The van der Waals surface area contributed by atoms with Crippen LogP contribution in [-0.4, -0.2) is 28.8 Å². The van der Waals surface area contributed by atoms with E-state index in [1.807, 2.05) is 13.0 Å². The third-order valence-electron chi connectivity index (χ3n) is 2.54. The quantitative estimate of drug-likeness (QED) is 0.543. The Hall–Kier alpha value is -1.25. The summed E-state index contributed by atoms with van der Waals surface area (Å²) in [6, 6.07) is 5.18. The van der Waals surface area contributed by atoms with Crippen molar-refractivity contribution in [3.05, 3.63) is 34.9 Å². The smallest absolute Gasteiger partial charge is 0.338 e. The highest BCUT2D eigenvalue weighted by molar-refractivity contribution is 6.39. The maximum atomic E-state index is 14.0. The molecule has 0 fully saturated rings. The first kappa shape index (κ1) is 12.8. The normalized spacial score (nSPS) is 11.2. The summed E-state index contributed by atoms with van der Waals surface area (Å²) in [5, 5.41) is 0. The molecule has 0 N–H and O–H groups in total. The Kier molecular flexibility index (Phi) is 3.79. The summed E-state index contributed by atoms with van der Waals surface area (Å²) in [6.07, 6.45) is 0.810. The molecule has 0 saturated heterocycles. The minimum Gasteiger partial charge on any atom is -0.465 e. The topological polar surface area (TPSA) is 26.3 Å². The zero-order chi connectivity index (χ0) is 12.3. The minimum absolute atomic E-state index is 0.298. The van der Waals surface area contributed by atoms with Gasteiger partial charge in [0.25, 0.3) is 0 Å². The Balaban J connectivity index is 3.33.